The first-order chi connectivity index (χ1) is 12.8. The van der Waals surface area contributed by atoms with Crippen molar-refractivity contribution in [2.45, 2.75) is 31.6 Å². The summed E-state index contributed by atoms with van der Waals surface area (Å²) < 4.78 is 26.8. The van der Waals surface area contributed by atoms with Gasteiger partial charge in [-0.2, -0.15) is 0 Å². The molecule has 0 radical (unpaired) electrons. The fourth-order valence-electron chi connectivity index (χ4n) is 3.22. The number of nitrogens with zero attached hydrogens (tertiary/aromatic N) is 2. The number of likely N-dealkylation sites (tertiary alicyclic amines) is 1. The Labute approximate surface area is 161 Å². The molecule has 0 aromatic heterocycles. The van der Waals surface area contributed by atoms with Crippen LogP contribution < -0.4 is 4.31 Å². The van der Waals surface area contributed by atoms with Crippen molar-refractivity contribution in [2.24, 2.45) is 5.92 Å². The average molecular weight is 387 g/mol. The van der Waals surface area contributed by atoms with Gasteiger partial charge in [0.1, 0.15) is 0 Å². The van der Waals surface area contributed by atoms with Gasteiger partial charge in [-0.1, -0.05) is 24.6 Å². The number of hydrogen-bond donors (Lipinski definition) is 0. The topological polar surface area (TPSA) is 57.7 Å². The number of sulfonamides is 1. The minimum absolute atomic E-state index is 0.0116. The Hall–Kier alpha value is -2.34. The first kappa shape index (κ1) is 19.4. The van der Waals surface area contributed by atoms with Crippen LogP contribution in [0.2, 0.25) is 0 Å². The van der Waals surface area contributed by atoms with Crippen molar-refractivity contribution in [3.05, 3.63) is 59.7 Å². The van der Waals surface area contributed by atoms with Gasteiger partial charge in [-0.3, -0.25) is 9.10 Å². The number of carbonyl (C=O) groups excluding carboxylic acids is 1. The molecule has 1 amide bonds. The Kier molecular flexibility index (Phi) is 5.56. The Morgan fingerprint density at radius 2 is 1.56 bits per heavy atom. The number of piperidine rings is 1. The molecule has 1 aliphatic rings. The van der Waals surface area contributed by atoms with Crippen LogP contribution in [0, 0.1) is 12.8 Å². The van der Waals surface area contributed by atoms with Crippen molar-refractivity contribution < 1.29 is 13.2 Å². The Bertz CT molecular complexity index is 897. The highest BCUT2D eigenvalue weighted by atomic mass is 32.2. The standard InChI is InChI=1S/C21H26N2O3S/c1-16-4-10-20(11-5-16)27(25,26)22(3)19-8-6-18(7-9-19)21(24)23-14-12-17(2)13-15-23/h4-11,17H,12-15H2,1-3H3. The second-order valence-corrected chi connectivity index (χ2v) is 9.28. The van der Waals surface area contributed by atoms with Crippen LogP contribution in [0.15, 0.2) is 53.4 Å². The fourth-order valence-corrected chi connectivity index (χ4v) is 4.41. The summed E-state index contributed by atoms with van der Waals surface area (Å²) in [6, 6.07) is 13.6. The molecule has 2 aromatic rings. The Morgan fingerprint density at radius 1 is 1.00 bits per heavy atom. The number of amides is 1. The Morgan fingerprint density at radius 3 is 2.11 bits per heavy atom. The molecule has 0 aliphatic carbocycles. The van der Waals surface area contributed by atoms with Crippen LogP contribution >= 0.6 is 0 Å². The van der Waals surface area contributed by atoms with Crippen molar-refractivity contribution in [1.29, 1.82) is 0 Å². The lowest BCUT2D eigenvalue weighted by atomic mass is 9.98. The van der Waals surface area contributed by atoms with E-state index >= 15 is 0 Å². The number of aryl methyl sites for hydroxylation is 1. The molecular weight excluding hydrogens is 360 g/mol. The zero-order chi connectivity index (χ0) is 19.6. The summed E-state index contributed by atoms with van der Waals surface area (Å²) >= 11 is 0. The smallest absolute Gasteiger partial charge is 0.264 e. The summed E-state index contributed by atoms with van der Waals surface area (Å²) in [6.45, 7) is 5.69. The van der Waals surface area contributed by atoms with E-state index in [2.05, 4.69) is 6.92 Å². The number of carbonyl (C=O) groups is 1. The molecule has 1 saturated heterocycles. The van der Waals surface area contributed by atoms with Crippen molar-refractivity contribution in [3.8, 4) is 0 Å². The quantitative estimate of drug-likeness (QED) is 0.805. The molecule has 0 N–H and O–H groups in total. The van der Waals surface area contributed by atoms with Crippen LogP contribution in [0.3, 0.4) is 0 Å². The van der Waals surface area contributed by atoms with Gasteiger partial charge in [-0.05, 0) is 62.1 Å². The zero-order valence-corrected chi connectivity index (χ0v) is 16.9. The second-order valence-electron chi connectivity index (χ2n) is 7.31. The van der Waals surface area contributed by atoms with Gasteiger partial charge in [0.25, 0.3) is 15.9 Å². The SMILES string of the molecule is Cc1ccc(S(=O)(=O)N(C)c2ccc(C(=O)N3CCC(C)CC3)cc2)cc1. The van der Waals surface area contributed by atoms with Gasteiger partial charge in [0.15, 0.2) is 0 Å². The van der Waals surface area contributed by atoms with Crippen LogP contribution in [0.5, 0.6) is 0 Å². The van der Waals surface area contributed by atoms with E-state index in [1.54, 1.807) is 48.5 Å². The lowest BCUT2D eigenvalue weighted by Gasteiger charge is -2.30. The molecule has 144 valence electrons. The minimum atomic E-state index is -3.63. The van der Waals surface area contributed by atoms with E-state index in [4.69, 9.17) is 0 Å². The summed E-state index contributed by atoms with van der Waals surface area (Å²) in [6.07, 6.45) is 2.06. The molecule has 0 unspecified atom stereocenters. The van der Waals surface area contributed by atoms with E-state index in [-0.39, 0.29) is 10.8 Å². The normalized spacial score (nSPS) is 15.6. The molecule has 3 rings (SSSR count). The molecule has 0 saturated carbocycles. The van der Waals surface area contributed by atoms with Crippen LogP contribution in [0.4, 0.5) is 5.69 Å². The van der Waals surface area contributed by atoms with Gasteiger partial charge in [0.05, 0.1) is 10.6 Å². The van der Waals surface area contributed by atoms with E-state index in [9.17, 15) is 13.2 Å². The molecule has 1 aliphatic heterocycles. The van der Waals surface area contributed by atoms with Crippen molar-refractivity contribution >= 4 is 21.6 Å². The summed E-state index contributed by atoms with van der Waals surface area (Å²) in [7, 11) is -2.10. The molecule has 1 heterocycles. The number of anilines is 1. The van der Waals surface area contributed by atoms with Crippen LogP contribution in [0.25, 0.3) is 0 Å². The van der Waals surface area contributed by atoms with Gasteiger partial charge in [-0.25, -0.2) is 8.42 Å². The van der Waals surface area contributed by atoms with Gasteiger partial charge in [0.2, 0.25) is 0 Å². The fraction of sp³-hybridized carbons (Fsp3) is 0.381. The molecule has 0 atom stereocenters. The second kappa shape index (κ2) is 7.72. The highest BCUT2D eigenvalue weighted by Gasteiger charge is 2.23. The Balaban J connectivity index is 1.76. The number of hydrogen-bond acceptors (Lipinski definition) is 3. The maximum Gasteiger partial charge on any atom is 0.264 e. The highest BCUT2D eigenvalue weighted by Crippen LogP contribution is 2.24. The van der Waals surface area contributed by atoms with Crippen LogP contribution in [0.1, 0.15) is 35.7 Å². The van der Waals surface area contributed by atoms with Crippen molar-refractivity contribution in [1.82, 2.24) is 4.90 Å². The molecule has 2 aromatic carbocycles. The largest absolute Gasteiger partial charge is 0.339 e. The lowest BCUT2D eigenvalue weighted by Crippen LogP contribution is -2.37. The van der Waals surface area contributed by atoms with Crippen LogP contribution in [-0.4, -0.2) is 39.4 Å². The van der Waals surface area contributed by atoms with Crippen molar-refractivity contribution in [2.75, 3.05) is 24.4 Å². The predicted molar refractivity (Wildman–Crippen MR) is 108 cm³/mol. The molecule has 0 bridgehead atoms. The van der Waals surface area contributed by atoms with Crippen molar-refractivity contribution in [3.63, 3.8) is 0 Å². The first-order valence-electron chi connectivity index (χ1n) is 9.24. The molecule has 27 heavy (non-hydrogen) atoms. The molecular formula is C21H26N2O3S. The molecule has 0 spiro atoms. The molecule has 5 nitrogen and oxygen atoms in total. The number of rotatable bonds is 4. The predicted octanol–water partition coefficient (Wildman–Crippen LogP) is 3.69. The van der Waals surface area contributed by atoms with E-state index in [0.717, 1.165) is 31.5 Å². The van der Waals surface area contributed by atoms with Gasteiger partial charge in [-0.15, -0.1) is 0 Å². The maximum atomic E-state index is 12.8. The molecule has 1 fully saturated rings. The third-order valence-electron chi connectivity index (χ3n) is 5.23. The zero-order valence-electron chi connectivity index (χ0n) is 16.1. The maximum absolute atomic E-state index is 12.8. The van der Waals surface area contributed by atoms with E-state index in [1.165, 1.54) is 11.4 Å². The summed E-state index contributed by atoms with van der Waals surface area (Å²) in [5.41, 5.74) is 2.13. The third kappa shape index (κ3) is 4.16. The minimum Gasteiger partial charge on any atom is -0.339 e. The van der Waals surface area contributed by atoms with E-state index in [1.807, 2.05) is 11.8 Å². The molecule has 6 heteroatoms. The monoisotopic (exact) mass is 386 g/mol. The summed E-state index contributed by atoms with van der Waals surface area (Å²) in [5.74, 6) is 0.676. The van der Waals surface area contributed by atoms with Gasteiger partial charge >= 0.3 is 0 Å². The van der Waals surface area contributed by atoms with Gasteiger partial charge < -0.3 is 4.90 Å². The average Bonchev–Trinajstić information content (AvgIpc) is 2.68. The highest BCUT2D eigenvalue weighted by molar-refractivity contribution is 7.92. The van der Waals surface area contributed by atoms with E-state index in [0.29, 0.717) is 17.2 Å². The van der Waals surface area contributed by atoms with Crippen LogP contribution in [-0.2, 0) is 10.0 Å². The summed E-state index contributed by atoms with van der Waals surface area (Å²) in [5, 5.41) is 0. The third-order valence-corrected chi connectivity index (χ3v) is 7.03. The number of benzene rings is 2. The lowest BCUT2D eigenvalue weighted by molar-refractivity contribution is 0.0697. The van der Waals surface area contributed by atoms with E-state index < -0.39 is 10.0 Å². The van der Waals surface area contributed by atoms with Gasteiger partial charge in [0, 0.05) is 25.7 Å². The first-order valence-corrected chi connectivity index (χ1v) is 10.7. The summed E-state index contributed by atoms with van der Waals surface area (Å²) in [4.78, 5) is 14.8.